The van der Waals surface area contributed by atoms with Crippen molar-refractivity contribution >= 4 is 16.9 Å². The zero-order valence-electron chi connectivity index (χ0n) is 21.1. The Hall–Kier alpha value is -4.27. The highest BCUT2D eigenvalue weighted by atomic mass is 16.5. The quantitative estimate of drug-likeness (QED) is 0.352. The van der Waals surface area contributed by atoms with Crippen LogP contribution in [0.5, 0.6) is 11.5 Å². The highest BCUT2D eigenvalue weighted by Gasteiger charge is 2.20. The molecule has 0 N–H and O–H groups in total. The standard InChI is InChI=1S/C27H29N5O4/c1-17-7-6-8-20(13-17)16-32-25(33)23-24(29(3)27(32)34)28-26-30(18(2)15-31(23)26)12-11-19-9-10-21(35-4)22(14-19)36-5/h6-10,13-15H,11-12,16H2,1-5H3. The van der Waals surface area contributed by atoms with Crippen LogP contribution in [0.25, 0.3) is 16.9 Å². The van der Waals surface area contributed by atoms with Gasteiger partial charge in [-0.15, -0.1) is 0 Å². The van der Waals surface area contributed by atoms with Crippen LogP contribution in [-0.4, -0.2) is 37.3 Å². The normalized spacial score (nSPS) is 11.5. The number of ether oxygens (including phenoxy) is 2. The molecule has 0 unspecified atom stereocenters. The van der Waals surface area contributed by atoms with Crippen LogP contribution >= 0.6 is 0 Å². The first kappa shape index (κ1) is 23.5. The monoisotopic (exact) mass is 487 g/mol. The topological polar surface area (TPSA) is 84.7 Å². The predicted molar refractivity (Wildman–Crippen MR) is 138 cm³/mol. The van der Waals surface area contributed by atoms with E-state index in [1.165, 1.54) is 9.13 Å². The summed E-state index contributed by atoms with van der Waals surface area (Å²) in [5, 5.41) is 0. The summed E-state index contributed by atoms with van der Waals surface area (Å²) in [5.41, 5.74) is 4.07. The molecule has 0 saturated carbocycles. The number of rotatable bonds is 7. The number of nitrogens with zero attached hydrogens (tertiary/aromatic N) is 5. The molecule has 0 radical (unpaired) electrons. The zero-order valence-corrected chi connectivity index (χ0v) is 21.1. The number of methoxy groups -OCH3 is 2. The molecule has 0 aliphatic rings. The fourth-order valence-electron chi connectivity index (χ4n) is 4.74. The van der Waals surface area contributed by atoms with Crippen LogP contribution in [0.1, 0.15) is 22.4 Å². The van der Waals surface area contributed by atoms with Crippen LogP contribution in [0.4, 0.5) is 0 Å². The number of fused-ring (bicyclic) bond motifs is 3. The minimum absolute atomic E-state index is 0.204. The number of benzene rings is 2. The fourth-order valence-corrected chi connectivity index (χ4v) is 4.74. The molecule has 5 aromatic rings. The van der Waals surface area contributed by atoms with Crippen molar-refractivity contribution in [2.75, 3.05) is 14.2 Å². The average molecular weight is 488 g/mol. The second kappa shape index (κ2) is 9.07. The summed E-state index contributed by atoms with van der Waals surface area (Å²) < 4.78 is 17.4. The molecule has 3 aromatic heterocycles. The van der Waals surface area contributed by atoms with Gasteiger partial charge in [-0.2, -0.15) is 4.98 Å². The fraction of sp³-hybridized carbons (Fsp3) is 0.296. The SMILES string of the molecule is COc1ccc(CCn2c(C)cn3c4c(=O)n(Cc5cccc(C)c5)c(=O)n(C)c4nc23)cc1OC. The summed E-state index contributed by atoms with van der Waals surface area (Å²) in [5.74, 6) is 1.99. The van der Waals surface area contributed by atoms with Crippen LogP contribution in [0, 0.1) is 13.8 Å². The van der Waals surface area contributed by atoms with Crippen LogP contribution in [-0.2, 0) is 26.6 Å². The van der Waals surface area contributed by atoms with E-state index in [-0.39, 0.29) is 17.8 Å². The van der Waals surface area contributed by atoms with Gasteiger partial charge < -0.3 is 14.0 Å². The second-order valence-electron chi connectivity index (χ2n) is 9.04. The van der Waals surface area contributed by atoms with E-state index in [4.69, 9.17) is 14.5 Å². The minimum atomic E-state index is -0.386. The molecular formula is C27H29N5O4. The van der Waals surface area contributed by atoms with E-state index in [1.54, 1.807) is 25.7 Å². The molecule has 3 heterocycles. The highest BCUT2D eigenvalue weighted by molar-refractivity contribution is 5.75. The van der Waals surface area contributed by atoms with Crippen LogP contribution < -0.4 is 20.7 Å². The minimum Gasteiger partial charge on any atom is -0.493 e. The van der Waals surface area contributed by atoms with Gasteiger partial charge in [-0.1, -0.05) is 35.9 Å². The highest BCUT2D eigenvalue weighted by Crippen LogP contribution is 2.28. The molecule has 0 aliphatic carbocycles. The van der Waals surface area contributed by atoms with Gasteiger partial charge >= 0.3 is 5.69 Å². The molecule has 186 valence electrons. The Morgan fingerprint density at radius 1 is 0.917 bits per heavy atom. The van der Waals surface area contributed by atoms with Crippen molar-refractivity contribution in [2.45, 2.75) is 33.4 Å². The van der Waals surface area contributed by atoms with E-state index in [2.05, 4.69) is 4.57 Å². The van der Waals surface area contributed by atoms with E-state index >= 15 is 0 Å². The predicted octanol–water partition coefficient (Wildman–Crippen LogP) is 3.07. The maximum Gasteiger partial charge on any atom is 0.332 e. The average Bonchev–Trinajstić information content (AvgIpc) is 3.38. The Labute approximate surface area is 207 Å². The second-order valence-corrected chi connectivity index (χ2v) is 9.04. The summed E-state index contributed by atoms with van der Waals surface area (Å²) in [6, 6.07) is 13.7. The lowest BCUT2D eigenvalue weighted by atomic mass is 10.1. The lowest BCUT2D eigenvalue weighted by Gasteiger charge is -2.10. The molecule has 2 aromatic carbocycles. The van der Waals surface area contributed by atoms with Crippen molar-refractivity contribution < 1.29 is 9.47 Å². The molecule has 0 atom stereocenters. The van der Waals surface area contributed by atoms with E-state index < -0.39 is 0 Å². The summed E-state index contributed by atoms with van der Waals surface area (Å²) in [6.07, 6.45) is 2.63. The van der Waals surface area contributed by atoms with Crippen molar-refractivity contribution in [3.63, 3.8) is 0 Å². The van der Waals surface area contributed by atoms with Crippen molar-refractivity contribution in [1.29, 1.82) is 0 Å². The Morgan fingerprint density at radius 3 is 2.42 bits per heavy atom. The molecule has 0 amide bonds. The smallest absolute Gasteiger partial charge is 0.332 e. The Bertz CT molecular complexity index is 1720. The first-order valence-electron chi connectivity index (χ1n) is 11.8. The van der Waals surface area contributed by atoms with Crippen LogP contribution in [0.15, 0.2) is 58.3 Å². The molecular weight excluding hydrogens is 458 g/mol. The molecule has 0 saturated heterocycles. The molecule has 9 nitrogen and oxygen atoms in total. The molecule has 9 heteroatoms. The number of aromatic nitrogens is 5. The first-order chi connectivity index (χ1) is 17.3. The third-order valence-electron chi connectivity index (χ3n) is 6.64. The number of hydrogen-bond donors (Lipinski definition) is 0. The first-order valence-corrected chi connectivity index (χ1v) is 11.8. The summed E-state index contributed by atoms with van der Waals surface area (Å²) in [6.45, 7) is 4.83. The largest absolute Gasteiger partial charge is 0.493 e. The zero-order chi connectivity index (χ0) is 25.6. The van der Waals surface area contributed by atoms with E-state index in [0.717, 1.165) is 28.8 Å². The van der Waals surface area contributed by atoms with Gasteiger partial charge in [0.15, 0.2) is 22.7 Å². The lowest BCUT2D eigenvalue weighted by molar-refractivity contribution is 0.354. The Kier molecular flexibility index (Phi) is 5.91. The van der Waals surface area contributed by atoms with Gasteiger partial charge in [-0.05, 0) is 43.5 Å². The van der Waals surface area contributed by atoms with Crippen LogP contribution in [0.3, 0.4) is 0 Å². The molecule has 5 rings (SSSR count). The maximum absolute atomic E-state index is 13.6. The van der Waals surface area contributed by atoms with Gasteiger partial charge in [-0.25, -0.2) is 4.79 Å². The van der Waals surface area contributed by atoms with Crippen molar-refractivity contribution in [3.8, 4) is 11.5 Å². The van der Waals surface area contributed by atoms with Gasteiger partial charge in [0.2, 0.25) is 5.78 Å². The van der Waals surface area contributed by atoms with Gasteiger partial charge in [-0.3, -0.25) is 18.3 Å². The van der Waals surface area contributed by atoms with Gasteiger partial charge in [0.05, 0.1) is 20.8 Å². The maximum atomic E-state index is 13.6. The number of aryl methyl sites for hydroxylation is 5. The molecule has 0 bridgehead atoms. The molecule has 0 spiro atoms. The third kappa shape index (κ3) is 3.86. The van der Waals surface area contributed by atoms with Crippen molar-refractivity contribution in [3.05, 3.63) is 91.9 Å². The van der Waals surface area contributed by atoms with E-state index in [1.807, 2.05) is 62.5 Å². The Balaban J connectivity index is 1.57. The number of hydrogen-bond acceptors (Lipinski definition) is 5. The van der Waals surface area contributed by atoms with Gasteiger partial charge in [0, 0.05) is 25.5 Å². The van der Waals surface area contributed by atoms with Crippen molar-refractivity contribution in [2.24, 2.45) is 7.05 Å². The van der Waals surface area contributed by atoms with E-state index in [0.29, 0.717) is 35.0 Å². The summed E-state index contributed by atoms with van der Waals surface area (Å²) in [7, 11) is 4.89. The molecule has 0 fully saturated rings. The number of imidazole rings is 2. The lowest BCUT2D eigenvalue weighted by Crippen LogP contribution is -2.39. The van der Waals surface area contributed by atoms with Crippen LogP contribution in [0.2, 0.25) is 0 Å². The summed E-state index contributed by atoms with van der Waals surface area (Å²) in [4.78, 5) is 31.4. The van der Waals surface area contributed by atoms with E-state index in [9.17, 15) is 9.59 Å². The Morgan fingerprint density at radius 2 is 1.69 bits per heavy atom. The molecule has 0 aliphatic heterocycles. The molecule has 36 heavy (non-hydrogen) atoms. The summed E-state index contributed by atoms with van der Waals surface area (Å²) >= 11 is 0. The third-order valence-corrected chi connectivity index (χ3v) is 6.64. The van der Waals surface area contributed by atoms with Gasteiger partial charge in [0.25, 0.3) is 5.56 Å². The van der Waals surface area contributed by atoms with Gasteiger partial charge in [0.1, 0.15) is 0 Å². The van der Waals surface area contributed by atoms with Crippen molar-refractivity contribution in [1.82, 2.24) is 23.1 Å².